The molecule has 1 N–H and O–H groups in total. The molecule has 7 aliphatic carbocycles. The van der Waals surface area contributed by atoms with Gasteiger partial charge in [0.15, 0.2) is 0 Å². The van der Waals surface area contributed by atoms with Crippen LogP contribution in [0.5, 0.6) is 0 Å². The second-order valence-corrected chi connectivity index (χ2v) is 15.1. The first-order chi connectivity index (χ1) is 12.0. The van der Waals surface area contributed by atoms with E-state index in [4.69, 9.17) is 0 Å². The third-order valence-corrected chi connectivity index (χ3v) is 14.6. The average molecular weight is 369 g/mol. The molecule has 27 heavy (non-hydrogen) atoms. The molecule has 7 aliphatic rings. The first-order valence-corrected chi connectivity index (χ1v) is 11.7. The van der Waals surface area contributed by atoms with Crippen molar-refractivity contribution >= 4 is 0 Å². The van der Waals surface area contributed by atoms with Gasteiger partial charge in [-0.05, 0) is 72.9 Å². The van der Waals surface area contributed by atoms with E-state index in [9.17, 15) is 5.11 Å². The number of aliphatic hydroxyl groups is 1. The van der Waals surface area contributed by atoms with Gasteiger partial charge in [-0.25, -0.2) is 0 Å². The largest absolute Gasteiger partial charge is 0.392 e. The van der Waals surface area contributed by atoms with E-state index in [0.29, 0.717) is 60.1 Å². The van der Waals surface area contributed by atoms with E-state index in [-0.39, 0.29) is 11.5 Å². The fourth-order valence-electron chi connectivity index (χ4n) is 15.4. The van der Waals surface area contributed by atoms with Gasteiger partial charge in [-0.2, -0.15) is 0 Å². The fourth-order valence-corrected chi connectivity index (χ4v) is 15.4. The van der Waals surface area contributed by atoms with Crippen LogP contribution < -0.4 is 0 Å². The first-order valence-electron chi connectivity index (χ1n) is 11.7. The molecule has 0 saturated heterocycles. The maximum absolute atomic E-state index is 10.8. The van der Waals surface area contributed by atoms with Crippen LogP contribution in [0.25, 0.3) is 0 Å². The smallest absolute Gasteiger partial charge is 0.0637 e. The average Bonchev–Trinajstić information content (AvgIpc) is 3.36. The molecule has 0 aromatic rings. The molecule has 0 radical (unpaired) electrons. The summed E-state index contributed by atoms with van der Waals surface area (Å²) in [5.41, 5.74) is 4.90. The molecule has 0 heterocycles. The van der Waals surface area contributed by atoms with Crippen LogP contribution in [0.15, 0.2) is 0 Å². The molecule has 7 fully saturated rings. The Balaban J connectivity index is 1.47. The van der Waals surface area contributed by atoms with Crippen molar-refractivity contribution in [2.75, 3.05) is 0 Å². The van der Waals surface area contributed by atoms with Gasteiger partial charge < -0.3 is 5.11 Å². The highest BCUT2D eigenvalue weighted by Crippen LogP contribution is 3.31. The molecule has 0 aliphatic heterocycles. The van der Waals surface area contributed by atoms with Crippen molar-refractivity contribution in [3.63, 3.8) is 0 Å². The van der Waals surface area contributed by atoms with Crippen LogP contribution in [-0.2, 0) is 0 Å². The number of fused-ring (bicyclic) bond motifs is 5. The summed E-state index contributed by atoms with van der Waals surface area (Å²) in [7, 11) is 0. The van der Waals surface area contributed by atoms with Gasteiger partial charge in [-0.3, -0.25) is 0 Å². The predicted octanol–water partition coefficient (Wildman–Crippen LogP) is 5.91. The summed E-state index contributed by atoms with van der Waals surface area (Å²) in [6, 6.07) is 0. The van der Waals surface area contributed by atoms with Gasteiger partial charge in [-0.15, -0.1) is 0 Å². The Bertz CT molecular complexity index is 895. The Morgan fingerprint density at radius 3 is 1.26 bits per heavy atom. The zero-order valence-corrected chi connectivity index (χ0v) is 19.5. The maximum atomic E-state index is 10.8. The van der Waals surface area contributed by atoms with E-state index in [1.807, 2.05) is 0 Å². The summed E-state index contributed by atoms with van der Waals surface area (Å²) in [5, 5.41) is 10.8. The molecular formula is C26H40O. The van der Waals surface area contributed by atoms with Crippen molar-refractivity contribution in [2.45, 2.75) is 95.1 Å². The lowest BCUT2D eigenvalue weighted by Crippen LogP contribution is -1.98. The summed E-state index contributed by atoms with van der Waals surface area (Å²) >= 11 is 0. The summed E-state index contributed by atoms with van der Waals surface area (Å²) in [4.78, 5) is 0. The van der Waals surface area contributed by atoms with Gasteiger partial charge in [0, 0.05) is 5.41 Å². The van der Waals surface area contributed by atoms with Gasteiger partial charge in [0.2, 0.25) is 0 Å². The molecule has 1 nitrogen and oxygen atoms in total. The van der Waals surface area contributed by atoms with Gasteiger partial charge in [0.25, 0.3) is 0 Å². The minimum atomic E-state index is -0.0269. The van der Waals surface area contributed by atoms with Gasteiger partial charge in [0.1, 0.15) is 0 Å². The summed E-state index contributed by atoms with van der Waals surface area (Å²) in [5.74, 6) is 0.529. The highest BCUT2D eigenvalue weighted by molar-refractivity contribution is 5.74. The van der Waals surface area contributed by atoms with Crippen LogP contribution in [0.1, 0.15) is 89.0 Å². The Kier molecular flexibility index (Phi) is 1.83. The van der Waals surface area contributed by atoms with Crippen molar-refractivity contribution < 1.29 is 5.11 Å². The van der Waals surface area contributed by atoms with Crippen LogP contribution in [-0.4, -0.2) is 11.2 Å². The molecule has 150 valence electrons. The number of aliphatic hydroxyl groups excluding tert-OH is 1. The van der Waals surface area contributed by atoms with Gasteiger partial charge in [0.05, 0.1) is 6.10 Å². The molecule has 7 rings (SSSR count). The molecule has 0 bridgehead atoms. The van der Waals surface area contributed by atoms with Crippen molar-refractivity contribution in [1.29, 1.82) is 0 Å². The van der Waals surface area contributed by atoms with Crippen LogP contribution in [0.4, 0.5) is 0 Å². The number of hydrogen-bond acceptors (Lipinski definition) is 1. The van der Waals surface area contributed by atoms with E-state index >= 15 is 0 Å². The maximum Gasteiger partial charge on any atom is 0.0637 e. The molecule has 0 amide bonds. The standard InChI is InChI=1S/C26H40O/c1-14-15(27)21(14)13-23(21)18(6,7)25(23)20(10,11)26(25)19(8,9)24(26)17(4,5)22(24)12-16(22,2)3/h14-15,27H,12-13H2,1-11H3/t14-,15?,21?,22?,23?,24?,25?,26?/m0/s1. The predicted molar refractivity (Wildman–Crippen MR) is 108 cm³/mol. The minimum Gasteiger partial charge on any atom is -0.392 e. The molecule has 7 unspecified atom stereocenters. The Morgan fingerprint density at radius 1 is 0.593 bits per heavy atom. The lowest BCUT2D eigenvalue weighted by Gasteiger charge is -2.03. The van der Waals surface area contributed by atoms with Crippen molar-refractivity contribution in [2.24, 2.45) is 65.5 Å². The van der Waals surface area contributed by atoms with Gasteiger partial charge >= 0.3 is 0 Å². The molecule has 8 atom stereocenters. The number of rotatable bonds is 0. The Labute approximate surface area is 166 Å². The molecule has 0 aromatic carbocycles. The molecule has 7 saturated carbocycles. The SMILES string of the molecule is C[C@H]1C(O)C12CC21C(C)(C)C12C(C)(C)C21C(C)(C)C12C(C)(C)C21CC1(C)C. The normalized spacial score (nSPS) is 71.6. The molecule has 1 heteroatoms. The highest BCUT2D eigenvalue weighted by Gasteiger charge is 3.28. The zero-order chi connectivity index (χ0) is 20.1. The lowest BCUT2D eigenvalue weighted by atomic mass is 10.0. The monoisotopic (exact) mass is 368 g/mol. The lowest BCUT2D eigenvalue weighted by molar-refractivity contribution is 0.237. The first kappa shape index (κ1) is 16.7. The second kappa shape index (κ2) is 2.96. The van der Waals surface area contributed by atoms with Crippen molar-refractivity contribution in [3.05, 3.63) is 0 Å². The van der Waals surface area contributed by atoms with Crippen LogP contribution in [0.2, 0.25) is 0 Å². The summed E-state index contributed by atoms with van der Waals surface area (Å²) < 4.78 is 0. The second-order valence-electron chi connectivity index (χ2n) is 15.1. The van der Waals surface area contributed by atoms with Gasteiger partial charge in [-0.1, -0.05) is 76.2 Å². The van der Waals surface area contributed by atoms with Crippen LogP contribution in [0.3, 0.4) is 0 Å². The van der Waals surface area contributed by atoms with E-state index in [0.717, 1.165) is 0 Å². The topological polar surface area (TPSA) is 20.2 Å². The number of hydrogen-bond donors (Lipinski definition) is 1. The molecular weight excluding hydrogens is 328 g/mol. The third kappa shape index (κ3) is 0.761. The Morgan fingerprint density at radius 2 is 0.963 bits per heavy atom. The van der Waals surface area contributed by atoms with E-state index < -0.39 is 0 Å². The highest BCUT2D eigenvalue weighted by atomic mass is 16.3. The van der Waals surface area contributed by atoms with E-state index in [1.165, 1.54) is 12.8 Å². The van der Waals surface area contributed by atoms with E-state index in [2.05, 4.69) is 76.2 Å². The molecule has 6 spiro atoms. The zero-order valence-electron chi connectivity index (χ0n) is 19.5. The van der Waals surface area contributed by atoms with Crippen LogP contribution >= 0.6 is 0 Å². The van der Waals surface area contributed by atoms with Crippen molar-refractivity contribution in [1.82, 2.24) is 0 Å². The van der Waals surface area contributed by atoms with Crippen molar-refractivity contribution in [3.8, 4) is 0 Å². The minimum absolute atomic E-state index is 0.0269. The third-order valence-electron chi connectivity index (χ3n) is 14.6. The van der Waals surface area contributed by atoms with E-state index in [1.54, 1.807) is 0 Å². The molecule has 0 aromatic heterocycles. The fraction of sp³-hybridized carbons (Fsp3) is 1.00. The summed E-state index contributed by atoms with van der Waals surface area (Å²) in [6.07, 6.45) is 2.71. The Hall–Kier alpha value is -0.0400. The van der Waals surface area contributed by atoms with Crippen LogP contribution in [0, 0.1) is 65.5 Å². The quantitative estimate of drug-likeness (QED) is 0.563. The summed E-state index contributed by atoms with van der Waals surface area (Å²) in [6.45, 7) is 28.4.